The van der Waals surface area contributed by atoms with Crippen molar-refractivity contribution in [3.8, 4) is 0 Å². The molecule has 33 heavy (non-hydrogen) atoms. The van der Waals surface area contributed by atoms with E-state index in [0.717, 1.165) is 12.8 Å². The molecule has 0 atom stereocenters. The summed E-state index contributed by atoms with van der Waals surface area (Å²) >= 11 is 3.22. The minimum absolute atomic E-state index is 0. The van der Waals surface area contributed by atoms with Gasteiger partial charge in [0.25, 0.3) is 0 Å². The van der Waals surface area contributed by atoms with E-state index in [-0.39, 0.29) is 58.0 Å². The van der Waals surface area contributed by atoms with Crippen molar-refractivity contribution in [2.45, 2.75) is 12.8 Å². The average Bonchev–Trinajstić information content (AvgIpc) is 3.50. The maximum absolute atomic E-state index is 4.61. The van der Waals surface area contributed by atoms with Crippen LogP contribution in [0.5, 0.6) is 0 Å². The molecule has 0 unspecified atom stereocenters. The van der Waals surface area contributed by atoms with Crippen LogP contribution in [-0.2, 0) is 71.5 Å². The summed E-state index contributed by atoms with van der Waals surface area (Å²) in [4.78, 5) is 0. The standard InChI is InChI=1S/2C7H8N4.2ClH.6H2N.3Pt/c2*1(6-2-8-9-3-6)7-4-10-11-5-7;;;;;;;;;;;/h2*2-5H,1H2,(H,8,9)(H,10,11);2*1H;6*1H2;;;/q;;;;6*-1;2*+1;+2/p-2. The van der Waals surface area contributed by atoms with E-state index in [4.69, 9.17) is 0 Å². The van der Waals surface area contributed by atoms with E-state index in [9.17, 15) is 0 Å². The second-order valence-corrected chi connectivity index (χ2v) is 4.78. The first-order valence-corrected chi connectivity index (χ1v) is 12.7. The average molecular weight is 1050 g/mol. The number of hydrogen-bond donors (Lipinski definition) is 4. The van der Waals surface area contributed by atoms with Crippen molar-refractivity contribution in [1.29, 1.82) is 0 Å². The molecule has 14 nitrogen and oxygen atoms in total. The second-order valence-electron chi connectivity index (χ2n) is 4.78. The predicted octanol–water partition coefficient (Wildman–Crippen LogP) is 7.12. The Morgan fingerprint density at radius 3 is 0.788 bits per heavy atom. The first-order chi connectivity index (χ1) is 12.9. The normalized spacial score (nSPS) is 7.21. The minimum Gasteiger partial charge on any atom is -0.693 e. The van der Waals surface area contributed by atoms with Crippen LogP contribution in [0.4, 0.5) is 0 Å². The van der Waals surface area contributed by atoms with Gasteiger partial charge in [-0.05, 0) is 22.3 Å². The first-order valence-electron chi connectivity index (χ1n) is 7.04. The van der Waals surface area contributed by atoms with E-state index in [0.29, 0.717) is 0 Å². The minimum atomic E-state index is 0. The van der Waals surface area contributed by atoms with Gasteiger partial charge < -0.3 is 36.9 Å². The molecule has 19 heteroatoms. The molecule has 0 saturated carbocycles. The fourth-order valence-corrected chi connectivity index (χ4v) is 1.97. The molecule has 0 amide bonds. The van der Waals surface area contributed by atoms with Crippen molar-refractivity contribution < 1.29 is 58.6 Å². The van der Waals surface area contributed by atoms with E-state index in [2.05, 4.69) is 59.6 Å². The molecule has 0 aliphatic carbocycles. The molecule has 0 saturated heterocycles. The number of nitrogens with zero attached hydrogens (tertiary/aromatic N) is 4. The number of halogens is 2. The maximum Gasteiger partial charge on any atom is 2.00 e. The van der Waals surface area contributed by atoms with E-state index < -0.39 is 0 Å². The molecule has 0 aliphatic rings. The van der Waals surface area contributed by atoms with Gasteiger partial charge in [-0.2, -0.15) is 20.4 Å². The number of nitrogens with one attached hydrogen (secondary N) is 4. The van der Waals surface area contributed by atoms with Crippen LogP contribution in [0.3, 0.4) is 0 Å². The van der Waals surface area contributed by atoms with Crippen molar-refractivity contribution in [3.05, 3.63) is 109 Å². The quantitative estimate of drug-likeness (QED) is 0.166. The summed E-state index contributed by atoms with van der Waals surface area (Å²) in [6.07, 6.45) is 16.5. The van der Waals surface area contributed by atoms with Crippen molar-refractivity contribution in [3.63, 3.8) is 0 Å². The van der Waals surface area contributed by atoms with Gasteiger partial charge in [0.1, 0.15) is 0 Å². The van der Waals surface area contributed by atoms with Gasteiger partial charge in [-0.1, -0.05) is 0 Å². The maximum atomic E-state index is 4.61. The Kier molecular flexibility index (Phi) is 50.0. The SMILES string of the molecule is [Cl][Pt].[Cl][Pt].[NH2-].[NH2-].[NH2-].[NH2-].[NH2-].[NH2-].[Pt+2].c1n[nH]cc1Cc1cn[nH]c1.c1n[nH]cc1Cc1cn[nH]c1. The fourth-order valence-electron chi connectivity index (χ4n) is 1.97. The summed E-state index contributed by atoms with van der Waals surface area (Å²) in [5.41, 5.74) is 4.69. The number of nitrogens with two attached hydrogens (primary N) is 6. The summed E-state index contributed by atoms with van der Waals surface area (Å²) in [7, 11) is 9.22. The van der Waals surface area contributed by atoms with Crippen LogP contribution in [0.1, 0.15) is 22.3 Å². The Balaban J connectivity index is -0.0000000601. The van der Waals surface area contributed by atoms with Gasteiger partial charge in [-0.15, -0.1) is 0 Å². The van der Waals surface area contributed by atoms with Crippen LogP contribution < -0.4 is 0 Å². The Morgan fingerprint density at radius 2 is 0.667 bits per heavy atom. The van der Waals surface area contributed by atoms with E-state index in [1.807, 2.05) is 49.6 Å². The third-order valence-corrected chi connectivity index (χ3v) is 3.04. The topological polar surface area (TPSA) is 316 Å². The van der Waals surface area contributed by atoms with Crippen LogP contribution in [0, 0.1) is 0 Å². The summed E-state index contributed by atoms with van der Waals surface area (Å²) in [5.74, 6) is 0. The third kappa shape index (κ3) is 21.5. The molecule has 0 bridgehead atoms. The Labute approximate surface area is 238 Å². The molecular weight excluding hydrogens is 1020 g/mol. The summed E-state index contributed by atoms with van der Waals surface area (Å²) in [5, 5.41) is 26.4. The zero-order valence-corrected chi connectivity index (χ0v) is 25.3. The summed E-state index contributed by atoms with van der Waals surface area (Å²) in [6, 6.07) is 0. The van der Waals surface area contributed by atoms with Crippen molar-refractivity contribution >= 4 is 18.8 Å². The zero-order chi connectivity index (χ0) is 19.0. The van der Waals surface area contributed by atoms with Crippen LogP contribution in [0.15, 0.2) is 49.6 Å². The number of aromatic nitrogens is 8. The van der Waals surface area contributed by atoms with Gasteiger partial charge in [-0.3, -0.25) is 20.4 Å². The van der Waals surface area contributed by atoms with Crippen LogP contribution in [0.2, 0.25) is 0 Å². The Hall–Kier alpha value is -0.755. The predicted molar refractivity (Wildman–Crippen MR) is 123 cm³/mol. The summed E-state index contributed by atoms with van der Waals surface area (Å²) in [6.45, 7) is 0. The number of hydrogen-bond acceptors (Lipinski definition) is 4. The van der Waals surface area contributed by atoms with Crippen molar-refractivity contribution in [2.24, 2.45) is 0 Å². The molecular formula is C14H28Cl2N14Pt3-4. The Bertz CT molecular complexity index is 624. The second kappa shape index (κ2) is 33.4. The van der Waals surface area contributed by atoms with Gasteiger partial charge in [0.15, 0.2) is 0 Å². The molecule has 4 rings (SSSR count). The van der Waals surface area contributed by atoms with E-state index >= 15 is 0 Å². The van der Waals surface area contributed by atoms with Crippen molar-refractivity contribution in [2.75, 3.05) is 0 Å². The smallest absolute Gasteiger partial charge is 0.693 e. The van der Waals surface area contributed by atoms with Gasteiger partial charge in [0.05, 0.1) is 24.8 Å². The summed E-state index contributed by atoms with van der Waals surface area (Å²) < 4.78 is 0. The van der Waals surface area contributed by atoms with Gasteiger partial charge in [-0.25, -0.2) is 0 Å². The van der Waals surface area contributed by atoms with Crippen LogP contribution in [-0.4, -0.2) is 40.8 Å². The first kappa shape index (κ1) is 49.4. The third-order valence-electron chi connectivity index (χ3n) is 3.04. The van der Waals surface area contributed by atoms with E-state index in [1.54, 1.807) is 37.5 Å². The number of aromatic amines is 4. The number of H-pyrrole nitrogens is 4. The number of rotatable bonds is 4. The molecule has 4 aromatic rings. The Morgan fingerprint density at radius 1 is 0.485 bits per heavy atom. The molecule has 16 N–H and O–H groups in total. The molecule has 0 fully saturated rings. The molecule has 202 valence electrons. The monoisotopic (exact) mass is 1050 g/mol. The largest absolute Gasteiger partial charge is 2.00 e. The molecule has 4 heterocycles. The molecule has 0 aliphatic heterocycles. The fraction of sp³-hybridized carbons (Fsp3) is 0.143. The van der Waals surface area contributed by atoms with E-state index in [1.165, 1.54) is 22.3 Å². The molecule has 4 aromatic heterocycles. The molecule has 0 aromatic carbocycles. The molecule has 0 spiro atoms. The van der Waals surface area contributed by atoms with Gasteiger partial charge >= 0.3 is 77.4 Å². The van der Waals surface area contributed by atoms with Crippen LogP contribution in [0.25, 0.3) is 36.9 Å². The van der Waals surface area contributed by atoms with Crippen molar-refractivity contribution in [1.82, 2.24) is 40.8 Å². The van der Waals surface area contributed by atoms with Gasteiger partial charge in [0, 0.05) is 37.6 Å². The van der Waals surface area contributed by atoms with Crippen LogP contribution >= 0.6 is 18.8 Å². The molecule has 0 radical (unpaired) electrons. The zero-order valence-electron chi connectivity index (χ0n) is 17.0. The van der Waals surface area contributed by atoms with Gasteiger partial charge in [0.2, 0.25) is 0 Å².